The zero-order chi connectivity index (χ0) is 29.0. The Hall–Kier alpha value is -4.44. The van der Waals surface area contributed by atoms with Crippen molar-refractivity contribution in [3.63, 3.8) is 0 Å². The van der Waals surface area contributed by atoms with E-state index in [0.29, 0.717) is 74.3 Å². The van der Waals surface area contributed by atoms with Gasteiger partial charge in [-0.2, -0.15) is 0 Å². The maximum atomic E-state index is 14.5. The van der Waals surface area contributed by atoms with Gasteiger partial charge in [0, 0.05) is 34.5 Å². The summed E-state index contributed by atoms with van der Waals surface area (Å²) >= 11 is 0. The van der Waals surface area contributed by atoms with E-state index in [2.05, 4.69) is 0 Å². The van der Waals surface area contributed by atoms with Gasteiger partial charge in [-0.25, -0.2) is 4.79 Å². The van der Waals surface area contributed by atoms with Crippen LogP contribution in [0.5, 0.6) is 11.5 Å². The highest BCUT2D eigenvalue weighted by molar-refractivity contribution is 6.22. The molecular weight excluding hydrogens is 526 g/mol. The lowest BCUT2D eigenvalue weighted by atomic mass is 9.91. The maximum Gasteiger partial charge on any atom is 0.361 e. The first-order chi connectivity index (χ1) is 19.8. The van der Waals surface area contributed by atoms with E-state index >= 15 is 0 Å². The van der Waals surface area contributed by atoms with Crippen molar-refractivity contribution in [3.05, 3.63) is 92.0 Å². The molecule has 9 heteroatoms. The second kappa shape index (κ2) is 10.2. The Morgan fingerprint density at radius 1 is 0.878 bits per heavy atom. The molecule has 9 nitrogen and oxygen atoms in total. The van der Waals surface area contributed by atoms with Crippen LogP contribution in [0.25, 0.3) is 33.0 Å². The number of carbonyl (C=O) groups is 1. The fourth-order valence-electron chi connectivity index (χ4n) is 5.93. The number of ether oxygens (including phenoxy) is 2. The van der Waals surface area contributed by atoms with Crippen molar-refractivity contribution < 1.29 is 34.0 Å². The van der Waals surface area contributed by atoms with E-state index in [-0.39, 0.29) is 36.7 Å². The lowest BCUT2D eigenvalue weighted by Crippen LogP contribution is -2.12. The Balaban J connectivity index is 1.79. The molecule has 0 bridgehead atoms. The number of benzene rings is 3. The monoisotopic (exact) mass is 555 g/mol. The number of rotatable bonds is 6. The summed E-state index contributed by atoms with van der Waals surface area (Å²) < 4.78 is 18.5. The fourth-order valence-corrected chi connectivity index (χ4v) is 5.93. The molecule has 0 spiro atoms. The van der Waals surface area contributed by atoms with Gasteiger partial charge in [0.15, 0.2) is 11.5 Å². The standard InChI is InChI=1S/C32H29NO8/c1-16-4-5-18(9-19(16)13-34)27-28-23-11-25(39-2)26(40-3)12-24(23)41-32(38)30(28)33-7-6-17-8-20(14-35)21(15-36)10-22(17)31(37)29(27)33/h4-5,8-12,34-36H,6-7,13-15H2,1-3H3. The molecule has 1 aliphatic rings. The first-order valence-corrected chi connectivity index (χ1v) is 13.2. The van der Waals surface area contributed by atoms with E-state index < -0.39 is 5.63 Å². The molecule has 3 heterocycles. The lowest BCUT2D eigenvalue weighted by molar-refractivity contribution is 0.103. The minimum atomic E-state index is -0.604. The van der Waals surface area contributed by atoms with E-state index in [1.54, 1.807) is 28.8 Å². The molecular formula is C32H29NO8. The van der Waals surface area contributed by atoms with Gasteiger partial charge in [-0.1, -0.05) is 18.2 Å². The Labute approximate surface area is 234 Å². The molecule has 6 rings (SSSR count). The highest BCUT2D eigenvalue weighted by atomic mass is 16.5. The average molecular weight is 556 g/mol. The van der Waals surface area contributed by atoms with Crippen molar-refractivity contribution in [1.82, 2.24) is 4.57 Å². The van der Waals surface area contributed by atoms with Gasteiger partial charge in [0.05, 0.1) is 39.7 Å². The molecule has 1 aliphatic heterocycles. The molecule has 0 fully saturated rings. The van der Waals surface area contributed by atoms with Crippen molar-refractivity contribution in [2.75, 3.05) is 14.2 Å². The smallest absolute Gasteiger partial charge is 0.361 e. The number of nitrogens with zero attached hydrogens (tertiary/aromatic N) is 1. The van der Waals surface area contributed by atoms with Gasteiger partial charge in [0.2, 0.25) is 5.78 Å². The summed E-state index contributed by atoms with van der Waals surface area (Å²) in [5.41, 5.74) is 5.13. The highest BCUT2D eigenvalue weighted by Crippen LogP contribution is 2.43. The molecule has 3 aromatic carbocycles. The van der Waals surface area contributed by atoms with Crippen molar-refractivity contribution in [2.24, 2.45) is 0 Å². The maximum absolute atomic E-state index is 14.5. The molecule has 0 saturated carbocycles. The van der Waals surface area contributed by atoms with Crippen LogP contribution in [0.3, 0.4) is 0 Å². The Morgan fingerprint density at radius 2 is 1.56 bits per heavy atom. The number of methoxy groups -OCH3 is 2. The number of aromatic nitrogens is 1. The summed E-state index contributed by atoms with van der Waals surface area (Å²) in [6.45, 7) is 1.40. The molecule has 0 atom stereocenters. The summed E-state index contributed by atoms with van der Waals surface area (Å²) in [6.07, 6.45) is 0.412. The minimum Gasteiger partial charge on any atom is -0.493 e. The van der Waals surface area contributed by atoms with E-state index in [0.717, 1.165) is 11.1 Å². The van der Waals surface area contributed by atoms with E-state index in [1.807, 2.05) is 25.1 Å². The molecule has 0 saturated heterocycles. The average Bonchev–Trinajstić information content (AvgIpc) is 3.27. The molecule has 5 aromatic rings. The van der Waals surface area contributed by atoms with Crippen molar-refractivity contribution in [2.45, 2.75) is 39.7 Å². The van der Waals surface area contributed by atoms with Gasteiger partial charge in [0.1, 0.15) is 11.1 Å². The SMILES string of the molecule is COc1cc2oc(=O)c3c(c(-c4ccc(C)c(CO)c4)c4n3CCc3cc(CO)c(CO)cc3C4=O)c2cc1OC. The predicted molar refractivity (Wildman–Crippen MR) is 153 cm³/mol. The topological polar surface area (TPSA) is 131 Å². The molecule has 2 aromatic heterocycles. The summed E-state index contributed by atoms with van der Waals surface area (Å²) in [4.78, 5) is 28.1. The number of ketones is 1. The van der Waals surface area contributed by atoms with Gasteiger partial charge in [-0.15, -0.1) is 0 Å². The quantitative estimate of drug-likeness (QED) is 0.268. The lowest BCUT2D eigenvalue weighted by Gasteiger charge is -2.13. The van der Waals surface area contributed by atoms with Gasteiger partial charge in [0.25, 0.3) is 0 Å². The Kier molecular flexibility index (Phi) is 6.65. The number of aliphatic hydroxyl groups is 3. The van der Waals surface area contributed by atoms with Crippen molar-refractivity contribution >= 4 is 27.7 Å². The molecule has 0 amide bonds. The third-order valence-corrected chi connectivity index (χ3v) is 8.05. The van der Waals surface area contributed by atoms with Gasteiger partial charge < -0.3 is 33.8 Å². The zero-order valence-electron chi connectivity index (χ0n) is 22.9. The largest absolute Gasteiger partial charge is 0.493 e. The third kappa shape index (κ3) is 4.04. The van der Waals surface area contributed by atoms with E-state index in [9.17, 15) is 24.9 Å². The third-order valence-electron chi connectivity index (χ3n) is 8.05. The molecule has 0 unspecified atom stereocenters. The number of fused-ring (bicyclic) bond motifs is 6. The second-order valence-electron chi connectivity index (χ2n) is 10.2. The number of carbonyl (C=O) groups excluding carboxylic acids is 1. The number of aliphatic hydroxyl groups excluding tert-OH is 3. The fraction of sp³-hybridized carbons (Fsp3) is 0.250. The minimum absolute atomic E-state index is 0.192. The summed E-state index contributed by atoms with van der Waals surface area (Å²) in [5, 5.41) is 31.0. The zero-order valence-corrected chi connectivity index (χ0v) is 22.9. The summed E-state index contributed by atoms with van der Waals surface area (Å²) in [5.74, 6) is 0.509. The van der Waals surface area contributed by atoms with Crippen molar-refractivity contribution in [3.8, 4) is 22.6 Å². The number of hydrogen-bond donors (Lipinski definition) is 3. The van der Waals surface area contributed by atoms with Crippen LogP contribution in [0, 0.1) is 6.92 Å². The first kappa shape index (κ1) is 26.8. The number of aryl methyl sites for hydroxylation is 3. The Bertz CT molecular complexity index is 1930. The summed E-state index contributed by atoms with van der Waals surface area (Å²) in [7, 11) is 3.01. The van der Waals surface area contributed by atoms with Crippen LogP contribution in [0.1, 0.15) is 43.9 Å². The molecule has 0 aliphatic carbocycles. The van der Waals surface area contributed by atoms with Crippen LogP contribution in [0.2, 0.25) is 0 Å². The van der Waals surface area contributed by atoms with Gasteiger partial charge in [-0.3, -0.25) is 4.79 Å². The van der Waals surface area contributed by atoms with Gasteiger partial charge >= 0.3 is 5.63 Å². The van der Waals surface area contributed by atoms with E-state index in [4.69, 9.17) is 13.9 Å². The number of hydrogen-bond acceptors (Lipinski definition) is 8. The first-order valence-electron chi connectivity index (χ1n) is 13.2. The van der Waals surface area contributed by atoms with E-state index in [1.165, 1.54) is 14.2 Å². The molecule has 3 N–H and O–H groups in total. The highest BCUT2D eigenvalue weighted by Gasteiger charge is 2.32. The van der Waals surface area contributed by atoms with Crippen LogP contribution < -0.4 is 15.1 Å². The normalized spacial score (nSPS) is 12.9. The molecule has 41 heavy (non-hydrogen) atoms. The second-order valence-corrected chi connectivity index (χ2v) is 10.2. The summed E-state index contributed by atoms with van der Waals surface area (Å²) in [6, 6.07) is 12.3. The molecule has 0 radical (unpaired) electrons. The van der Waals surface area contributed by atoms with Gasteiger partial charge in [-0.05, 0) is 64.9 Å². The van der Waals surface area contributed by atoms with Crippen LogP contribution >= 0.6 is 0 Å². The molecule has 210 valence electrons. The van der Waals surface area contributed by atoms with Crippen LogP contribution in [-0.4, -0.2) is 39.9 Å². The Morgan fingerprint density at radius 3 is 2.24 bits per heavy atom. The van der Waals surface area contributed by atoms with Crippen LogP contribution in [0.15, 0.2) is 51.7 Å². The van der Waals surface area contributed by atoms with Crippen molar-refractivity contribution in [1.29, 1.82) is 0 Å². The van der Waals surface area contributed by atoms with Crippen LogP contribution in [-0.2, 0) is 32.8 Å². The van der Waals surface area contributed by atoms with Crippen LogP contribution in [0.4, 0.5) is 0 Å². The predicted octanol–water partition coefficient (Wildman–Crippen LogP) is 4.00.